The van der Waals surface area contributed by atoms with Crippen LogP contribution in [0.5, 0.6) is 0 Å². The number of aromatic nitrogens is 3. The third-order valence-electron chi connectivity index (χ3n) is 5.26. The van der Waals surface area contributed by atoms with Gasteiger partial charge in [-0.1, -0.05) is 42.5 Å². The van der Waals surface area contributed by atoms with Crippen LogP contribution in [-0.2, 0) is 30.7 Å². The average molecular weight is 393 g/mol. The Morgan fingerprint density at radius 1 is 1.24 bits per heavy atom. The van der Waals surface area contributed by atoms with Gasteiger partial charge in [-0.05, 0) is 29.2 Å². The number of methoxy groups -OCH3 is 1. The van der Waals surface area contributed by atoms with Crippen LogP contribution < -0.4 is 10.6 Å². The number of hydrogen-bond acceptors (Lipinski definition) is 4. The van der Waals surface area contributed by atoms with Gasteiger partial charge in [0.15, 0.2) is 11.8 Å². The summed E-state index contributed by atoms with van der Waals surface area (Å²) in [6, 6.07) is 15.4. The zero-order valence-corrected chi connectivity index (χ0v) is 17.1. The molecule has 1 unspecified atom stereocenters. The molecule has 0 spiro atoms. The number of guanidine groups is 1. The lowest BCUT2D eigenvalue weighted by Gasteiger charge is -2.25. The van der Waals surface area contributed by atoms with E-state index in [1.807, 2.05) is 11.7 Å². The second-order valence-electron chi connectivity index (χ2n) is 7.37. The molecule has 1 aromatic heterocycles. The molecule has 2 aromatic carbocycles. The Bertz CT molecular complexity index is 996. The molecule has 0 fully saturated rings. The second-order valence-corrected chi connectivity index (χ2v) is 7.37. The first kappa shape index (κ1) is 19.4. The van der Waals surface area contributed by atoms with Crippen LogP contribution >= 0.6 is 0 Å². The molecule has 2 N–H and O–H groups in total. The summed E-state index contributed by atoms with van der Waals surface area (Å²) < 4.78 is 7.12. The predicted octanol–water partition coefficient (Wildman–Crippen LogP) is 2.30. The van der Waals surface area contributed by atoms with E-state index in [2.05, 4.69) is 68.2 Å². The smallest absolute Gasteiger partial charge is 0.191 e. The molecule has 2 heterocycles. The first-order chi connectivity index (χ1) is 14.2. The van der Waals surface area contributed by atoms with Gasteiger partial charge in [0, 0.05) is 33.2 Å². The zero-order valence-electron chi connectivity index (χ0n) is 17.1. The van der Waals surface area contributed by atoms with Crippen LogP contribution in [0.3, 0.4) is 0 Å². The maximum Gasteiger partial charge on any atom is 0.191 e. The molecule has 0 saturated heterocycles. The van der Waals surface area contributed by atoms with Gasteiger partial charge >= 0.3 is 0 Å². The molecule has 0 aliphatic carbocycles. The number of nitrogens with zero attached hydrogens (tertiary/aromatic N) is 4. The van der Waals surface area contributed by atoms with Crippen molar-refractivity contribution in [3.8, 4) is 0 Å². The van der Waals surface area contributed by atoms with E-state index in [4.69, 9.17) is 4.74 Å². The number of aliphatic imine (C=N–C) groups is 1. The Balaban J connectivity index is 1.29. The molecule has 0 saturated carbocycles. The summed E-state index contributed by atoms with van der Waals surface area (Å²) in [5.74, 6) is 2.62. The summed E-state index contributed by atoms with van der Waals surface area (Å²) in [7, 11) is 3.48. The zero-order chi connectivity index (χ0) is 20.1. The number of fused-ring (bicyclic) bond motifs is 2. The fourth-order valence-corrected chi connectivity index (χ4v) is 3.78. The molecule has 7 nitrogen and oxygen atoms in total. The van der Waals surface area contributed by atoms with E-state index in [1.165, 1.54) is 16.3 Å². The summed E-state index contributed by atoms with van der Waals surface area (Å²) in [5.41, 5.74) is 1.32. The second kappa shape index (κ2) is 9.05. The molecule has 0 bridgehead atoms. The highest BCUT2D eigenvalue weighted by molar-refractivity contribution is 5.83. The average Bonchev–Trinajstić information content (AvgIpc) is 3.15. The van der Waals surface area contributed by atoms with Gasteiger partial charge in [0.2, 0.25) is 0 Å². The molecular formula is C22H28N6O. The Labute approximate surface area is 171 Å². The third kappa shape index (κ3) is 4.74. The molecule has 0 amide bonds. The van der Waals surface area contributed by atoms with Crippen LogP contribution in [0.25, 0.3) is 10.8 Å². The molecule has 152 valence electrons. The van der Waals surface area contributed by atoms with Gasteiger partial charge < -0.3 is 15.4 Å². The topological polar surface area (TPSA) is 76.4 Å². The Morgan fingerprint density at radius 2 is 2.10 bits per heavy atom. The van der Waals surface area contributed by atoms with Crippen LogP contribution in [-0.4, -0.2) is 47.5 Å². The van der Waals surface area contributed by atoms with Crippen molar-refractivity contribution in [1.82, 2.24) is 25.4 Å². The Kier molecular flexibility index (Phi) is 6.05. The third-order valence-corrected chi connectivity index (χ3v) is 5.26. The Hall–Kier alpha value is -2.93. The summed E-state index contributed by atoms with van der Waals surface area (Å²) >= 11 is 0. The van der Waals surface area contributed by atoms with E-state index < -0.39 is 0 Å². The molecule has 1 aliphatic heterocycles. The van der Waals surface area contributed by atoms with Gasteiger partial charge in [-0.2, -0.15) is 5.10 Å². The van der Waals surface area contributed by atoms with Gasteiger partial charge in [0.1, 0.15) is 12.4 Å². The minimum Gasteiger partial charge on any atom is -0.377 e. The SMILES string of the molecule is CN=C(NCCc1ccc2ccccc2c1)NC1CCc2nc(COC)nn2C1. The molecule has 1 atom stereocenters. The van der Waals surface area contributed by atoms with E-state index in [1.54, 1.807) is 7.11 Å². The van der Waals surface area contributed by atoms with E-state index in [9.17, 15) is 0 Å². The lowest BCUT2D eigenvalue weighted by Crippen LogP contribution is -2.47. The minimum atomic E-state index is 0.284. The van der Waals surface area contributed by atoms with Crippen molar-refractivity contribution in [3.05, 3.63) is 59.7 Å². The summed E-state index contributed by atoms with van der Waals surface area (Å²) in [6.07, 6.45) is 2.86. The molecule has 29 heavy (non-hydrogen) atoms. The van der Waals surface area contributed by atoms with Crippen molar-refractivity contribution in [2.45, 2.75) is 38.5 Å². The Morgan fingerprint density at radius 3 is 2.93 bits per heavy atom. The first-order valence-corrected chi connectivity index (χ1v) is 10.1. The lowest BCUT2D eigenvalue weighted by molar-refractivity contribution is 0.177. The molecule has 4 rings (SSSR count). The highest BCUT2D eigenvalue weighted by Crippen LogP contribution is 2.16. The van der Waals surface area contributed by atoms with E-state index in [0.717, 1.165) is 50.0 Å². The molecule has 7 heteroatoms. The van der Waals surface area contributed by atoms with Gasteiger partial charge in [-0.15, -0.1) is 0 Å². The number of aryl methyl sites for hydroxylation is 1. The van der Waals surface area contributed by atoms with E-state index in [-0.39, 0.29) is 6.04 Å². The highest BCUT2D eigenvalue weighted by atomic mass is 16.5. The number of rotatable bonds is 6. The van der Waals surface area contributed by atoms with Gasteiger partial charge in [0.25, 0.3) is 0 Å². The summed E-state index contributed by atoms with van der Waals surface area (Å²) in [4.78, 5) is 8.92. The molecule has 0 radical (unpaired) electrons. The van der Waals surface area contributed by atoms with Crippen molar-refractivity contribution in [2.24, 2.45) is 4.99 Å². The quantitative estimate of drug-likeness (QED) is 0.497. The highest BCUT2D eigenvalue weighted by Gasteiger charge is 2.22. The van der Waals surface area contributed by atoms with Crippen molar-refractivity contribution < 1.29 is 4.74 Å². The van der Waals surface area contributed by atoms with Crippen molar-refractivity contribution in [1.29, 1.82) is 0 Å². The van der Waals surface area contributed by atoms with E-state index >= 15 is 0 Å². The maximum atomic E-state index is 5.14. The standard InChI is InChI=1S/C22H28N6O/c1-23-22(24-12-11-16-7-8-17-5-3-4-6-18(17)13-16)25-19-9-10-21-26-20(15-29-2)27-28(21)14-19/h3-8,13,19H,9-12,14-15H2,1-2H3,(H2,23,24,25). The normalized spacial score (nSPS) is 16.6. The van der Waals surface area contributed by atoms with Crippen LogP contribution in [0.1, 0.15) is 23.6 Å². The number of hydrogen-bond donors (Lipinski definition) is 2. The van der Waals surface area contributed by atoms with Gasteiger partial charge in [0.05, 0.1) is 6.54 Å². The monoisotopic (exact) mass is 392 g/mol. The van der Waals surface area contributed by atoms with Crippen LogP contribution in [0.15, 0.2) is 47.5 Å². The van der Waals surface area contributed by atoms with Crippen molar-refractivity contribution in [3.63, 3.8) is 0 Å². The van der Waals surface area contributed by atoms with E-state index in [0.29, 0.717) is 6.61 Å². The summed E-state index contributed by atoms with van der Waals surface area (Å²) in [6.45, 7) is 2.07. The maximum absolute atomic E-state index is 5.14. The first-order valence-electron chi connectivity index (χ1n) is 10.1. The predicted molar refractivity (Wildman–Crippen MR) is 115 cm³/mol. The fraction of sp³-hybridized carbons (Fsp3) is 0.409. The van der Waals surface area contributed by atoms with Crippen LogP contribution in [0.4, 0.5) is 0 Å². The van der Waals surface area contributed by atoms with Gasteiger partial charge in [-0.3, -0.25) is 4.99 Å². The van der Waals surface area contributed by atoms with Crippen molar-refractivity contribution in [2.75, 3.05) is 20.7 Å². The molecular weight excluding hydrogens is 364 g/mol. The lowest BCUT2D eigenvalue weighted by atomic mass is 10.1. The largest absolute Gasteiger partial charge is 0.377 e. The molecule has 3 aromatic rings. The van der Waals surface area contributed by atoms with Crippen LogP contribution in [0.2, 0.25) is 0 Å². The van der Waals surface area contributed by atoms with Crippen LogP contribution in [0, 0.1) is 0 Å². The molecule has 1 aliphatic rings. The van der Waals surface area contributed by atoms with Gasteiger partial charge in [-0.25, -0.2) is 9.67 Å². The minimum absolute atomic E-state index is 0.284. The number of benzene rings is 2. The van der Waals surface area contributed by atoms with Crippen molar-refractivity contribution >= 4 is 16.7 Å². The summed E-state index contributed by atoms with van der Waals surface area (Å²) in [5, 5.41) is 14.1. The number of nitrogens with one attached hydrogen (secondary N) is 2. The fourth-order valence-electron chi connectivity index (χ4n) is 3.78. The number of ether oxygens (including phenoxy) is 1.